The van der Waals surface area contributed by atoms with Crippen LogP contribution in [0.4, 0.5) is 0 Å². The summed E-state index contributed by atoms with van der Waals surface area (Å²) in [7, 11) is 0. The van der Waals surface area contributed by atoms with Gasteiger partial charge in [-0.15, -0.1) is 24.0 Å². The molecule has 0 bridgehead atoms. The van der Waals surface area contributed by atoms with Gasteiger partial charge in [0, 0.05) is 26.2 Å². The molecule has 144 valence electrons. The fourth-order valence-electron chi connectivity index (χ4n) is 2.51. The molecule has 3 N–H and O–H groups in total. The molecule has 6 heteroatoms. The maximum absolute atomic E-state index is 9.49. The number of halogens is 1. The Bertz CT molecular complexity index is 495. The Labute approximate surface area is 169 Å². The number of ether oxygens (including phenoxy) is 1. The van der Waals surface area contributed by atoms with Crippen LogP contribution >= 0.6 is 24.0 Å². The van der Waals surface area contributed by atoms with E-state index in [1.54, 1.807) is 12.1 Å². The van der Waals surface area contributed by atoms with Crippen molar-refractivity contribution < 1.29 is 9.84 Å². The summed E-state index contributed by atoms with van der Waals surface area (Å²) in [6.45, 7) is 11.5. The highest BCUT2D eigenvalue weighted by Crippen LogP contribution is 2.11. The van der Waals surface area contributed by atoms with Crippen molar-refractivity contribution in [1.82, 2.24) is 10.6 Å². The molecule has 0 saturated heterocycles. The number of hydrogen-bond acceptors (Lipinski definition) is 3. The lowest BCUT2D eigenvalue weighted by Gasteiger charge is -2.20. The van der Waals surface area contributed by atoms with Gasteiger partial charge in [-0.1, -0.05) is 26.0 Å². The Hall–Kier alpha value is -1.02. The van der Waals surface area contributed by atoms with Gasteiger partial charge in [-0.25, -0.2) is 0 Å². The van der Waals surface area contributed by atoms with Crippen LogP contribution in [0.25, 0.3) is 0 Å². The zero-order valence-electron chi connectivity index (χ0n) is 15.9. The average molecular weight is 463 g/mol. The Kier molecular flexibility index (Phi) is 13.6. The van der Waals surface area contributed by atoms with Gasteiger partial charge in [0.1, 0.15) is 5.75 Å². The first-order valence-electron chi connectivity index (χ1n) is 8.98. The van der Waals surface area contributed by atoms with Gasteiger partial charge in [-0.2, -0.15) is 0 Å². The van der Waals surface area contributed by atoms with Crippen molar-refractivity contribution in [3.05, 3.63) is 29.8 Å². The fraction of sp³-hybridized carbons (Fsp3) is 0.632. The highest BCUT2D eigenvalue weighted by molar-refractivity contribution is 14.0. The van der Waals surface area contributed by atoms with Crippen molar-refractivity contribution in [1.29, 1.82) is 0 Å². The van der Waals surface area contributed by atoms with Crippen LogP contribution < -0.4 is 10.6 Å². The van der Waals surface area contributed by atoms with Crippen LogP contribution in [0.3, 0.4) is 0 Å². The summed E-state index contributed by atoms with van der Waals surface area (Å²) in [6.07, 6.45) is 2.02. The minimum atomic E-state index is 0. The van der Waals surface area contributed by atoms with Crippen LogP contribution in [0, 0.1) is 5.92 Å². The molecular formula is C19H34IN3O2. The first-order valence-corrected chi connectivity index (χ1v) is 8.98. The second kappa shape index (κ2) is 14.2. The molecule has 0 radical (unpaired) electrons. The molecule has 1 aromatic rings. The monoisotopic (exact) mass is 463 g/mol. The van der Waals surface area contributed by atoms with E-state index in [0.717, 1.165) is 50.6 Å². The molecule has 0 aromatic heterocycles. The zero-order valence-corrected chi connectivity index (χ0v) is 18.2. The summed E-state index contributed by atoms with van der Waals surface area (Å²) in [5.41, 5.74) is 1.11. The van der Waals surface area contributed by atoms with Crippen LogP contribution in [-0.4, -0.2) is 43.4 Å². The third-order valence-electron chi connectivity index (χ3n) is 3.77. The normalized spacial score (nSPS) is 12.6. The van der Waals surface area contributed by atoms with E-state index in [-0.39, 0.29) is 30.1 Å². The number of aliphatic imine (C=N–C) groups is 1. The molecule has 0 aliphatic carbocycles. The largest absolute Gasteiger partial charge is 0.508 e. The topological polar surface area (TPSA) is 65.9 Å². The van der Waals surface area contributed by atoms with Crippen molar-refractivity contribution in [3.8, 4) is 5.75 Å². The standard InChI is InChI=1S/C19H33N3O2.HI/c1-5-20-19(22-13-11-18(15(3)4)24-6-2)21-12-10-16-8-7-9-17(23)14-16;/h7-9,14-15,18,23H,5-6,10-13H2,1-4H3,(H2,20,21,22);1H. The summed E-state index contributed by atoms with van der Waals surface area (Å²) in [5.74, 6) is 1.64. The molecule has 1 rings (SSSR count). The van der Waals surface area contributed by atoms with E-state index < -0.39 is 0 Å². The fourth-order valence-corrected chi connectivity index (χ4v) is 2.51. The number of aromatic hydroxyl groups is 1. The van der Waals surface area contributed by atoms with Gasteiger partial charge in [0.2, 0.25) is 0 Å². The molecule has 1 atom stereocenters. The van der Waals surface area contributed by atoms with E-state index in [1.807, 2.05) is 19.1 Å². The second-order valence-electron chi connectivity index (χ2n) is 6.13. The predicted molar refractivity (Wildman–Crippen MR) is 116 cm³/mol. The number of phenolic OH excluding ortho intramolecular Hbond substituents is 1. The molecule has 0 aliphatic heterocycles. The lowest BCUT2D eigenvalue weighted by molar-refractivity contribution is 0.0266. The van der Waals surface area contributed by atoms with Gasteiger partial charge in [0.15, 0.2) is 5.96 Å². The van der Waals surface area contributed by atoms with E-state index in [0.29, 0.717) is 11.7 Å². The number of nitrogens with zero attached hydrogens (tertiary/aromatic N) is 1. The minimum Gasteiger partial charge on any atom is -0.508 e. The first-order chi connectivity index (χ1) is 11.6. The molecule has 0 spiro atoms. The minimum absolute atomic E-state index is 0. The number of rotatable bonds is 10. The smallest absolute Gasteiger partial charge is 0.191 e. The number of hydrogen-bond donors (Lipinski definition) is 3. The molecule has 5 nitrogen and oxygen atoms in total. The third kappa shape index (κ3) is 10.5. The summed E-state index contributed by atoms with van der Waals surface area (Å²) in [4.78, 5) is 4.63. The van der Waals surface area contributed by atoms with Crippen LogP contribution in [0.5, 0.6) is 5.75 Å². The van der Waals surface area contributed by atoms with Crippen molar-refractivity contribution in [2.45, 2.75) is 46.6 Å². The summed E-state index contributed by atoms with van der Waals surface area (Å²) in [5, 5.41) is 16.1. The molecule has 0 amide bonds. The highest BCUT2D eigenvalue weighted by atomic mass is 127. The number of nitrogens with one attached hydrogen (secondary N) is 2. The molecule has 0 saturated carbocycles. The van der Waals surface area contributed by atoms with Crippen molar-refractivity contribution in [2.75, 3.05) is 26.2 Å². The number of phenols is 1. The Morgan fingerprint density at radius 1 is 1.24 bits per heavy atom. The summed E-state index contributed by atoms with van der Waals surface area (Å²) < 4.78 is 5.76. The van der Waals surface area contributed by atoms with Gasteiger partial charge >= 0.3 is 0 Å². The molecular weight excluding hydrogens is 429 g/mol. The maximum Gasteiger partial charge on any atom is 0.191 e. The van der Waals surface area contributed by atoms with Crippen molar-refractivity contribution >= 4 is 29.9 Å². The third-order valence-corrected chi connectivity index (χ3v) is 3.77. The van der Waals surface area contributed by atoms with Crippen LogP contribution in [0.15, 0.2) is 29.3 Å². The Morgan fingerprint density at radius 2 is 2.00 bits per heavy atom. The number of benzene rings is 1. The molecule has 0 heterocycles. The van der Waals surface area contributed by atoms with E-state index in [1.165, 1.54) is 0 Å². The summed E-state index contributed by atoms with van der Waals surface area (Å²) in [6, 6.07) is 7.36. The van der Waals surface area contributed by atoms with E-state index in [2.05, 4.69) is 36.4 Å². The lowest BCUT2D eigenvalue weighted by Crippen LogP contribution is -2.38. The summed E-state index contributed by atoms with van der Waals surface area (Å²) >= 11 is 0. The predicted octanol–water partition coefficient (Wildman–Crippen LogP) is 3.56. The molecule has 0 aliphatic rings. The number of guanidine groups is 1. The Balaban J connectivity index is 0.00000576. The molecule has 0 fully saturated rings. The maximum atomic E-state index is 9.49. The van der Waals surface area contributed by atoms with Crippen LogP contribution in [0.1, 0.15) is 39.7 Å². The van der Waals surface area contributed by atoms with E-state index >= 15 is 0 Å². The van der Waals surface area contributed by atoms with E-state index in [4.69, 9.17) is 4.74 Å². The molecule has 1 unspecified atom stereocenters. The SMILES string of the molecule is CCNC(=NCCC(OCC)C(C)C)NCCc1cccc(O)c1.I. The average Bonchev–Trinajstić information content (AvgIpc) is 2.54. The van der Waals surface area contributed by atoms with E-state index in [9.17, 15) is 5.11 Å². The first kappa shape index (κ1) is 24.0. The van der Waals surface area contributed by atoms with Crippen LogP contribution in [0.2, 0.25) is 0 Å². The van der Waals surface area contributed by atoms with Crippen LogP contribution in [-0.2, 0) is 11.2 Å². The van der Waals surface area contributed by atoms with Gasteiger partial charge in [0.05, 0.1) is 6.10 Å². The van der Waals surface area contributed by atoms with Gasteiger partial charge < -0.3 is 20.5 Å². The lowest BCUT2D eigenvalue weighted by atomic mass is 10.0. The second-order valence-corrected chi connectivity index (χ2v) is 6.13. The quantitative estimate of drug-likeness (QED) is 0.282. The van der Waals surface area contributed by atoms with Gasteiger partial charge in [0.25, 0.3) is 0 Å². The zero-order chi connectivity index (χ0) is 17.8. The highest BCUT2D eigenvalue weighted by Gasteiger charge is 2.12. The Morgan fingerprint density at radius 3 is 2.60 bits per heavy atom. The van der Waals surface area contributed by atoms with Crippen molar-refractivity contribution in [2.24, 2.45) is 10.9 Å². The van der Waals surface area contributed by atoms with Crippen molar-refractivity contribution in [3.63, 3.8) is 0 Å². The molecule has 1 aromatic carbocycles. The van der Waals surface area contributed by atoms with Gasteiger partial charge in [-0.3, -0.25) is 4.99 Å². The molecule has 25 heavy (non-hydrogen) atoms. The van der Waals surface area contributed by atoms with Gasteiger partial charge in [-0.05, 0) is 50.3 Å².